The van der Waals surface area contributed by atoms with Crippen LogP contribution in [0.3, 0.4) is 0 Å². The Balaban J connectivity index is 1.97. The second kappa shape index (κ2) is 10.5. The number of carbonyl (C=O) groups is 2. The number of methoxy groups -OCH3 is 2. The summed E-state index contributed by atoms with van der Waals surface area (Å²) in [5, 5.41) is -0.0201. The maximum atomic E-state index is 13.6. The third-order valence-electron chi connectivity index (χ3n) is 5.38. The van der Waals surface area contributed by atoms with Gasteiger partial charge in [0.25, 0.3) is 0 Å². The Labute approximate surface area is 196 Å². The lowest BCUT2D eigenvalue weighted by Gasteiger charge is -2.26. The maximum Gasteiger partial charge on any atom is 0.233 e. The van der Waals surface area contributed by atoms with Crippen LogP contribution in [0.5, 0.6) is 11.5 Å². The summed E-state index contributed by atoms with van der Waals surface area (Å²) < 4.78 is 26.1. The van der Waals surface area contributed by atoms with Gasteiger partial charge in [-0.15, -0.1) is 0 Å². The first-order valence-electron chi connectivity index (χ1n) is 10.2. The molecule has 3 rings (SSSR count). The number of carbonyl (C=O) groups excluding carboxylic acids is 2. The van der Waals surface area contributed by atoms with Crippen molar-refractivity contribution in [3.63, 3.8) is 0 Å². The third kappa shape index (κ3) is 5.51. The van der Waals surface area contributed by atoms with Gasteiger partial charge in [0.05, 0.1) is 31.7 Å². The highest BCUT2D eigenvalue weighted by Crippen LogP contribution is 2.27. The number of Topliss-reactive ketones (excluding diaryl/α,β-unsaturated/α-hetero) is 1. The minimum atomic E-state index is -0.821. The summed E-state index contributed by atoms with van der Waals surface area (Å²) in [7, 11) is 3.09. The average Bonchev–Trinajstić information content (AvgIpc) is 3.27. The molecule has 1 unspecified atom stereocenters. The molecule has 0 spiro atoms. The third-order valence-corrected chi connectivity index (χ3v) is 5.67. The second-order valence-electron chi connectivity index (χ2n) is 7.52. The molecule has 2 aromatic carbocycles. The van der Waals surface area contributed by atoms with Gasteiger partial charge in [-0.25, -0.2) is 9.37 Å². The molecule has 0 aliphatic heterocycles. The molecule has 0 fully saturated rings. The van der Waals surface area contributed by atoms with Crippen molar-refractivity contribution >= 4 is 23.3 Å². The smallest absolute Gasteiger partial charge is 0.233 e. The Morgan fingerprint density at radius 3 is 2.55 bits per heavy atom. The van der Waals surface area contributed by atoms with E-state index in [4.69, 9.17) is 21.1 Å². The predicted molar refractivity (Wildman–Crippen MR) is 122 cm³/mol. The number of amides is 1. The monoisotopic (exact) mass is 473 g/mol. The highest BCUT2D eigenvalue weighted by atomic mass is 35.5. The van der Waals surface area contributed by atoms with Gasteiger partial charge in [-0.3, -0.25) is 9.59 Å². The lowest BCUT2D eigenvalue weighted by atomic mass is 10.1. The number of benzene rings is 2. The first kappa shape index (κ1) is 24.3. The minimum Gasteiger partial charge on any atom is -0.497 e. The molecular formula is C24H25ClFN3O4. The molecule has 0 saturated heterocycles. The summed E-state index contributed by atoms with van der Waals surface area (Å²) >= 11 is 5.95. The molecule has 0 aliphatic carbocycles. The zero-order chi connectivity index (χ0) is 24.1. The Hall–Kier alpha value is -3.39. The van der Waals surface area contributed by atoms with E-state index in [-0.39, 0.29) is 29.8 Å². The van der Waals surface area contributed by atoms with E-state index in [2.05, 4.69) is 4.98 Å². The molecule has 1 heterocycles. The van der Waals surface area contributed by atoms with Crippen LogP contribution in [0, 0.1) is 11.7 Å². The summed E-state index contributed by atoms with van der Waals surface area (Å²) in [4.78, 5) is 31.1. The van der Waals surface area contributed by atoms with E-state index >= 15 is 0 Å². The molecule has 0 saturated carbocycles. The van der Waals surface area contributed by atoms with Crippen molar-refractivity contribution in [1.29, 1.82) is 0 Å². The van der Waals surface area contributed by atoms with Gasteiger partial charge in [0.1, 0.15) is 28.9 Å². The average molecular weight is 474 g/mol. The van der Waals surface area contributed by atoms with Gasteiger partial charge in [-0.05, 0) is 44.2 Å². The van der Waals surface area contributed by atoms with Crippen molar-refractivity contribution < 1.29 is 23.5 Å². The number of hydrogen-bond donors (Lipinski definition) is 0. The largest absolute Gasteiger partial charge is 0.497 e. The highest BCUT2D eigenvalue weighted by molar-refractivity contribution is 6.30. The molecule has 33 heavy (non-hydrogen) atoms. The maximum absolute atomic E-state index is 13.6. The van der Waals surface area contributed by atoms with Crippen molar-refractivity contribution in [2.24, 2.45) is 5.92 Å². The highest BCUT2D eigenvalue weighted by Gasteiger charge is 2.26. The molecule has 1 atom stereocenters. The van der Waals surface area contributed by atoms with Crippen LogP contribution >= 0.6 is 11.6 Å². The molecule has 7 nitrogen and oxygen atoms in total. The number of halogens is 2. The number of nitrogens with zero attached hydrogens (tertiary/aromatic N) is 3. The molecule has 3 aromatic rings. The first-order valence-corrected chi connectivity index (χ1v) is 10.6. The van der Waals surface area contributed by atoms with Crippen molar-refractivity contribution in [2.45, 2.75) is 26.9 Å². The van der Waals surface area contributed by atoms with Crippen LogP contribution in [0.4, 0.5) is 4.39 Å². The Kier molecular flexibility index (Phi) is 7.71. The van der Waals surface area contributed by atoms with Crippen LogP contribution in [-0.4, -0.2) is 40.4 Å². The van der Waals surface area contributed by atoms with Crippen LogP contribution in [0.15, 0.2) is 48.8 Å². The molecule has 0 aliphatic rings. The van der Waals surface area contributed by atoms with E-state index < -0.39 is 11.7 Å². The zero-order valence-electron chi connectivity index (χ0n) is 18.8. The minimum absolute atomic E-state index is 0.0201. The van der Waals surface area contributed by atoms with E-state index in [0.29, 0.717) is 23.0 Å². The van der Waals surface area contributed by atoms with Gasteiger partial charge < -0.3 is 18.9 Å². The van der Waals surface area contributed by atoms with Gasteiger partial charge in [0.2, 0.25) is 5.91 Å². The molecule has 0 radical (unpaired) electrons. The first-order chi connectivity index (χ1) is 15.7. The molecule has 0 N–H and O–H groups in total. The van der Waals surface area contributed by atoms with E-state index in [0.717, 1.165) is 5.56 Å². The zero-order valence-corrected chi connectivity index (χ0v) is 19.6. The topological polar surface area (TPSA) is 73.7 Å². The molecule has 1 aromatic heterocycles. The summed E-state index contributed by atoms with van der Waals surface area (Å²) in [6.45, 7) is 3.25. The van der Waals surface area contributed by atoms with E-state index in [1.165, 1.54) is 26.2 Å². The number of imidazole rings is 1. The fourth-order valence-electron chi connectivity index (χ4n) is 3.34. The Morgan fingerprint density at radius 2 is 1.91 bits per heavy atom. The van der Waals surface area contributed by atoms with Gasteiger partial charge >= 0.3 is 0 Å². The summed E-state index contributed by atoms with van der Waals surface area (Å²) in [6.07, 6.45) is 3.28. The van der Waals surface area contributed by atoms with Crippen LogP contribution in [-0.2, 0) is 22.7 Å². The standard InChI is InChI=1S/C24H25ClFN3O4/c1-15(16(2)30)24(31)28(13-17-5-7-19(32-3)12-22(17)33-4)14-23-27-9-10-29(23)18-6-8-21(26)20(25)11-18/h5-12,15H,13-14H2,1-4H3. The fraction of sp³-hybridized carbons (Fsp3) is 0.292. The number of hydrogen-bond acceptors (Lipinski definition) is 5. The molecule has 9 heteroatoms. The van der Waals surface area contributed by atoms with Crippen LogP contribution in [0.2, 0.25) is 5.02 Å². The molecule has 174 valence electrons. The summed E-state index contributed by atoms with van der Waals surface area (Å²) in [6, 6.07) is 9.64. The Bertz CT molecular complexity index is 1160. The van der Waals surface area contributed by atoms with Gasteiger partial charge in [0.15, 0.2) is 0 Å². The predicted octanol–water partition coefficient (Wildman–Crippen LogP) is 4.44. The van der Waals surface area contributed by atoms with Crippen molar-refractivity contribution in [3.8, 4) is 17.2 Å². The normalized spacial score (nSPS) is 11.7. The molecule has 0 bridgehead atoms. The second-order valence-corrected chi connectivity index (χ2v) is 7.92. The number of ether oxygens (including phenoxy) is 2. The lowest BCUT2D eigenvalue weighted by Crippen LogP contribution is -2.37. The fourth-order valence-corrected chi connectivity index (χ4v) is 3.51. The van der Waals surface area contributed by atoms with E-state index in [9.17, 15) is 14.0 Å². The number of aromatic nitrogens is 2. The lowest BCUT2D eigenvalue weighted by molar-refractivity contribution is -0.141. The number of rotatable bonds is 9. The van der Waals surface area contributed by atoms with E-state index in [1.54, 1.807) is 54.1 Å². The van der Waals surface area contributed by atoms with Crippen LogP contribution < -0.4 is 9.47 Å². The summed E-state index contributed by atoms with van der Waals surface area (Å²) in [5.41, 5.74) is 1.34. The number of ketones is 1. The van der Waals surface area contributed by atoms with Crippen molar-refractivity contribution in [3.05, 3.63) is 71.0 Å². The van der Waals surface area contributed by atoms with Gasteiger partial charge in [-0.1, -0.05) is 11.6 Å². The van der Waals surface area contributed by atoms with Gasteiger partial charge in [-0.2, -0.15) is 0 Å². The quantitative estimate of drug-likeness (QED) is 0.430. The van der Waals surface area contributed by atoms with E-state index in [1.807, 2.05) is 6.07 Å². The van der Waals surface area contributed by atoms with Crippen molar-refractivity contribution in [2.75, 3.05) is 14.2 Å². The SMILES string of the molecule is COc1ccc(CN(Cc2nccn2-c2ccc(F)c(Cl)c2)C(=O)C(C)C(C)=O)c(OC)c1. The molecular weight excluding hydrogens is 449 g/mol. The van der Waals surface area contributed by atoms with Crippen LogP contribution in [0.25, 0.3) is 5.69 Å². The van der Waals surface area contributed by atoms with Crippen LogP contribution in [0.1, 0.15) is 25.2 Å². The molecule has 1 amide bonds. The van der Waals surface area contributed by atoms with Gasteiger partial charge in [0, 0.05) is 36.3 Å². The Morgan fingerprint density at radius 1 is 1.15 bits per heavy atom. The van der Waals surface area contributed by atoms with Crippen molar-refractivity contribution in [1.82, 2.24) is 14.5 Å². The summed E-state index contributed by atoms with van der Waals surface area (Å²) in [5.74, 6) is -0.231.